The molecule has 0 saturated carbocycles. The van der Waals surface area contributed by atoms with Crippen LogP contribution in [0, 0.1) is 12.3 Å². The van der Waals surface area contributed by atoms with Crippen molar-refractivity contribution < 1.29 is 4.18 Å². The Morgan fingerprint density at radius 2 is 1.96 bits per heavy atom. The summed E-state index contributed by atoms with van der Waals surface area (Å²) in [5.41, 5.74) is 1.87. The SMILES string of the molecule is Cc1cc2cnc(OSN(C)C)nc2c(NCC(C)(C)C)n1.S. The maximum absolute atomic E-state index is 5.47. The molecule has 0 fully saturated rings. The van der Waals surface area contributed by atoms with Gasteiger partial charge in [-0.2, -0.15) is 18.5 Å². The van der Waals surface area contributed by atoms with Crippen molar-refractivity contribution in [1.29, 1.82) is 0 Å². The average molecular weight is 356 g/mol. The van der Waals surface area contributed by atoms with E-state index in [-0.39, 0.29) is 18.9 Å². The van der Waals surface area contributed by atoms with Crippen LogP contribution in [0.5, 0.6) is 6.01 Å². The van der Waals surface area contributed by atoms with Crippen LogP contribution in [0.4, 0.5) is 5.82 Å². The molecule has 0 aliphatic rings. The molecule has 2 heterocycles. The number of rotatable bonds is 5. The Labute approximate surface area is 149 Å². The Balaban J connectivity index is 0.00000264. The summed E-state index contributed by atoms with van der Waals surface area (Å²) >= 11 is 1.19. The molecule has 0 saturated heterocycles. The molecular formula is C15H25N5OS2. The summed E-state index contributed by atoms with van der Waals surface area (Å²) in [6, 6.07) is 2.30. The predicted octanol–water partition coefficient (Wildman–Crippen LogP) is 3.41. The van der Waals surface area contributed by atoms with Crippen molar-refractivity contribution in [2.24, 2.45) is 5.41 Å². The van der Waals surface area contributed by atoms with Gasteiger partial charge < -0.3 is 9.50 Å². The third-order valence-corrected chi connectivity index (χ3v) is 3.24. The maximum Gasteiger partial charge on any atom is 0.330 e. The number of nitrogens with one attached hydrogen (secondary N) is 1. The van der Waals surface area contributed by atoms with E-state index in [1.807, 2.05) is 31.4 Å². The highest BCUT2D eigenvalue weighted by Crippen LogP contribution is 2.24. The molecular weight excluding hydrogens is 330 g/mol. The molecule has 8 heteroatoms. The van der Waals surface area contributed by atoms with Crippen LogP contribution in [0.15, 0.2) is 12.3 Å². The summed E-state index contributed by atoms with van der Waals surface area (Å²) in [7, 11) is 3.79. The molecule has 2 aromatic rings. The molecule has 1 N–H and O–H groups in total. The lowest BCUT2D eigenvalue weighted by atomic mass is 9.97. The second-order valence-corrected chi connectivity index (χ2v) is 7.63. The molecule has 0 aromatic carbocycles. The monoisotopic (exact) mass is 355 g/mol. The second kappa shape index (κ2) is 8.03. The van der Waals surface area contributed by atoms with Gasteiger partial charge in [0.05, 0.1) is 0 Å². The van der Waals surface area contributed by atoms with Gasteiger partial charge in [-0.1, -0.05) is 20.8 Å². The summed E-state index contributed by atoms with van der Waals surface area (Å²) in [5, 5.41) is 4.34. The van der Waals surface area contributed by atoms with Crippen LogP contribution < -0.4 is 9.50 Å². The minimum Gasteiger partial charge on any atom is -0.372 e. The molecule has 2 rings (SSSR count). The van der Waals surface area contributed by atoms with E-state index in [0.29, 0.717) is 6.01 Å². The lowest BCUT2D eigenvalue weighted by Gasteiger charge is -2.20. The highest BCUT2D eigenvalue weighted by Gasteiger charge is 2.14. The van der Waals surface area contributed by atoms with Crippen molar-refractivity contribution in [2.75, 3.05) is 26.0 Å². The van der Waals surface area contributed by atoms with Gasteiger partial charge in [-0.15, -0.1) is 0 Å². The molecule has 0 radical (unpaired) electrons. The normalized spacial score (nSPS) is 11.4. The second-order valence-electron chi connectivity index (χ2n) is 6.59. The van der Waals surface area contributed by atoms with E-state index in [4.69, 9.17) is 4.18 Å². The number of anilines is 1. The number of aromatic nitrogens is 3. The molecule has 0 aliphatic carbocycles. The Hall–Kier alpha value is -1.25. The smallest absolute Gasteiger partial charge is 0.330 e. The van der Waals surface area contributed by atoms with Crippen molar-refractivity contribution in [3.63, 3.8) is 0 Å². The zero-order valence-electron chi connectivity index (χ0n) is 14.5. The first-order valence-corrected chi connectivity index (χ1v) is 7.85. The molecule has 0 atom stereocenters. The van der Waals surface area contributed by atoms with Gasteiger partial charge in [-0.25, -0.2) is 14.3 Å². The molecule has 0 unspecified atom stereocenters. The minimum atomic E-state index is 0. The first-order chi connectivity index (χ1) is 10.2. The maximum atomic E-state index is 5.47. The molecule has 0 spiro atoms. The number of hydrogen-bond donors (Lipinski definition) is 1. The summed E-state index contributed by atoms with van der Waals surface area (Å²) in [6.07, 6.45) is 1.77. The van der Waals surface area contributed by atoms with Gasteiger partial charge in [0, 0.05) is 37.9 Å². The van der Waals surface area contributed by atoms with Crippen molar-refractivity contribution in [1.82, 2.24) is 19.3 Å². The molecule has 6 nitrogen and oxygen atoms in total. The third-order valence-electron chi connectivity index (χ3n) is 2.72. The first-order valence-electron chi connectivity index (χ1n) is 7.15. The van der Waals surface area contributed by atoms with Crippen molar-refractivity contribution in [3.8, 4) is 6.01 Å². The van der Waals surface area contributed by atoms with Crippen LogP contribution >= 0.6 is 25.7 Å². The summed E-state index contributed by atoms with van der Waals surface area (Å²) in [5.74, 6) is 0.770. The van der Waals surface area contributed by atoms with E-state index < -0.39 is 0 Å². The van der Waals surface area contributed by atoms with E-state index >= 15 is 0 Å². The molecule has 0 amide bonds. The fourth-order valence-electron chi connectivity index (χ4n) is 1.78. The van der Waals surface area contributed by atoms with Gasteiger partial charge in [0.2, 0.25) is 0 Å². The molecule has 0 bridgehead atoms. The standard InChI is InChI=1S/C15H23N5OS.H2S/c1-10-7-11-8-16-14(21-22-20(5)6)19-12(11)13(18-10)17-9-15(2,3)4;/h7-8H,9H2,1-6H3,(H,17,18);1H2. The van der Waals surface area contributed by atoms with Gasteiger partial charge in [-0.05, 0) is 18.4 Å². The van der Waals surface area contributed by atoms with Gasteiger partial charge in [0.15, 0.2) is 5.82 Å². The third kappa shape index (κ3) is 6.04. The number of aryl methyl sites for hydroxylation is 1. The van der Waals surface area contributed by atoms with E-state index in [1.54, 1.807) is 6.20 Å². The van der Waals surface area contributed by atoms with Crippen LogP contribution in [0.25, 0.3) is 10.9 Å². The Morgan fingerprint density at radius 3 is 2.57 bits per heavy atom. The summed E-state index contributed by atoms with van der Waals surface area (Å²) < 4.78 is 7.30. The lowest BCUT2D eigenvalue weighted by molar-refractivity contribution is 0.442. The van der Waals surface area contributed by atoms with E-state index in [2.05, 4.69) is 41.0 Å². The largest absolute Gasteiger partial charge is 0.372 e. The van der Waals surface area contributed by atoms with Crippen LogP contribution in [-0.2, 0) is 0 Å². The van der Waals surface area contributed by atoms with Crippen molar-refractivity contribution >= 4 is 42.4 Å². The Morgan fingerprint density at radius 1 is 1.26 bits per heavy atom. The van der Waals surface area contributed by atoms with Gasteiger partial charge >= 0.3 is 6.01 Å². The van der Waals surface area contributed by atoms with E-state index in [9.17, 15) is 0 Å². The molecule has 23 heavy (non-hydrogen) atoms. The Bertz CT molecular complexity index is 658. The van der Waals surface area contributed by atoms with Crippen LogP contribution in [-0.4, -0.2) is 39.9 Å². The highest BCUT2D eigenvalue weighted by molar-refractivity contribution is 7.92. The number of pyridine rings is 1. The quantitative estimate of drug-likeness (QED) is 0.651. The van der Waals surface area contributed by atoms with Crippen molar-refractivity contribution in [2.45, 2.75) is 27.7 Å². The number of hydrogen-bond acceptors (Lipinski definition) is 7. The van der Waals surface area contributed by atoms with Gasteiger partial charge in [0.25, 0.3) is 0 Å². The van der Waals surface area contributed by atoms with Crippen LogP contribution in [0.2, 0.25) is 0 Å². The van der Waals surface area contributed by atoms with E-state index in [1.165, 1.54) is 12.2 Å². The number of nitrogens with zero attached hydrogens (tertiary/aromatic N) is 4. The van der Waals surface area contributed by atoms with Crippen LogP contribution in [0.3, 0.4) is 0 Å². The average Bonchev–Trinajstić information content (AvgIpc) is 2.41. The van der Waals surface area contributed by atoms with Gasteiger partial charge in [-0.3, -0.25) is 0 Å². The molecule has 2 aromatic heterocycles. The fourth-order valence-corrected chi connectivity index (χ4v) is 2.07. The topological polar surface area (TPSA) is 63.2 Å². The van der Waals surface area contributed by atoms with E-state index in [0.717, 1.165) is 29.0 Å². The highest BCUT2D eigenvalue weighted by atomic mass is 32.2. The fraction of sp³-hybridized carbons (Fsp3) is 0.533. The zero-order chi connectivity index (χ0) is 16.3. The molecule has 128 valence electrons. The molecule has 0 aliphatic heterocycles. The van der Waals surface area contributed by atoms with Crippen molar-refractivity contribution in [3.05, 3.63) is 18.0 Å². The van der Waals surface area contributed by atoms with Crippen LogP contribution in [0.1, 0.15) is 26.5 Å². The Kier molecular flexibility index (Phi) is 6.91. The summed E-state index contributed by atoms with van der Waals surface area (Å²) in [4.78, 5) is 13.3. The first kappa shape index (κ1) is 19.8. The lowest BCUT2D eigenvalue weighted by Crippen LogP contribution is -2.20. The predicted molar refractivity (Wildman–Crippen MR) is 102 cm³/mol. The summed E-state index contributed by atoms with van der Waals surface area (Å²) in [6.45, 7) is 9.30. The minimum absolute atomic E-state index is 0. The zero-order valence-corrected chi connectivity index (χ0v) is 16.3. The van der Waals surface area contributed by atoms with Gasteiger partial charge in [0.1, 0.15) is 17.7 Å². The number of fused-ring (bicyclic) bond motifs is 1.